The second kappa shape index (κ2) is 8.42. The summed E-state index contributed by atoms with van der Waals surface area (Å²) in [6.45, 7) is 4.81. The van der Waals surface area contributed by atoms with Crippen LogP contribution in [0, 0.1) is 5.92 Å². The number of rotatable bonds is 7. The summed E-state index contributed by atoms with van der Waals surface area (Å²) in [5.74, 6) is 2.45. The SMILES string of the molecule is COc1cc2c(c(OC)c1OC)[C@@H](c1ccccc1OCC(C)C)CC(=O)N2. The fourth-order valence-electron chi connectivity index (χ4n) is 3.54. The van der Waals surface area contributed by atoms with Crippen LogP contribution in [0.5, 0.6) is 23.0 Å². The largest absolute Gasteiger partial charge is 0.493 e. The summed E-state index contributed by atoms with van der Waals surface area (Å²) in [7, 11) is 4.72. The van der Waals surface area contributed by atoms with E-state index in [1.165, 1.54) is 0 Å². The van der Waals surface area contributed by atoms with Crippen LogP contribution in [-0.4, -0.2) is 33.8 Å². The van der Waals surface area contributed by atoms with Crippen LogP contribution >= 0.6 is 0 Å². The Morgan fingerprint density at radius 3 is 2.39 bits per heavy atom. The van der Waals surface area contributed by atoms with Crippen molar-refractivity contribution in [3.8, 4) is 23.0 Å². The topological polar surface area (TPSA) is 66.0 Å². The fraction of sp³-hybridized carbons (Fsp3) is 0.409. The summed E-state index contributed by atoms with van der Waals surface area (Å²) < 4.78 is 22.7. The van der Waals surface area contributed by atoms with Crippen molar-refractivity contribution < 1.29 is 23.7 Å². The number of ether oxygens (including phenoxy) is 4. The van der Waals surface area contributed by atoms with E-state index in [-0.39, 0.29) is 11.8 Å². The number of methoxy groups -OCH3 is 3. The number of carbonyl (C=O) groups is 1. The van der Waals surface area contributed by atoms with E-state index >= 15 is 0 Å². The van der Waals surface area contributed by atoms with Crippen molar-refractivity contribution in [2.24, 2.45) is 5.92 Å². The van der Waals surface area contributed by atoms with E-state index in [1.54, 1.807) is 27.4 Å². The summed E-state index contributed by atoms with van der Waals surface area (Å²) in [4.78, 5) is 12.5. The molecule has 1 aliphatic heterocycles. The molecule has 0 fully saturated rings. The minimum atomic E-state index is -0.220. The van der Waals surface area contributed by atoms with Crippen molar-refractivity contribution in [2.45, 2.75) is 26.2 Å². The van der Waals surface area contributed by atoms with Crippen LogP contribution in [-0.2, 0) is 4.79 Å². The van der Waals surface area contributed by atoms with Crippen molar-refractivity contribution in [2.75, 3.05) is 33.3 Å². The predicted octanol–water partition coefficient (Wildman–Crippen LogP) is 4.22. The minimum Gasteiger partial charge on any atom is -0.493 e. The molecule has 1 amide bonds. The van der Waals surface area contributed by atoms with Gasteiger partial charge in [-0.1, -0.05) is 32.0 Å². The van der Waals surface area contributed by atoms with Crippen molar-refractivity contribution in [1.82, 2.24) is 0 Å². The van der Waals surface area contributed by atoms with E-state index in [4.69, 9.17) is 18.9 Å². The predicted molar refractivity (Wildman–Crippen MR) is 108 cm³/mol. The summed E-state index contributed by atoms with van der Waals surface area (Å²) in [5, 5.41) is 2.93. The average Bonchev–Trinajstić information content (AvgIpc) is 2.70. The van der Waals surface area contributed by atoms with Gasteiger partial charge in [-0.25, -0.2) is 0 Å². The van der Waals surface area contributed by atoms with E-state index in [9.17, 15) is 4.79 Å². The van der Waals surface area contributed by atoms with E-state index in [0.717, 1.165) is 16.9 Å². The normalized spacial score (nSPS) is 15.6. The van der Waals surface area contributed by atoms with Crippen molar-refractivity contribution in [3.05, 3.63) is 41.5 Å². The molecule has 1 aliphatic rings. The van der Waals surface area contributed by atoms with Gasteiger partial charge in [0.05, 0.1) is 33.6 Å². The van der Waals surface area contributed by atoms with Crippen LogP contribution in [0.25, 0.3) is 0 Å². The fourth-order valence-corrected chi connectivity index (χ4v) is 3.54. The first-order chi connectivity index (χ1) is 13.5. The third-order valence-corrected chi connectivity index (χ3v) is 4.75. The van der Waals surface area contributed by atoms with Gasteiger partial charge in [0.15, 0.2) is 11.5 Å². The second-order valence-corrected chi connectivity index (χ2v) is 7.15. The van der Waals surface area contributed by atoms with Crippen LogP contribution in [0.3, 0.4) is 0 Å². The Morgan fingerprint density at radius 2 is 1.75 bits per heavy atom. The first kappa shape index (κ1) is 19.9. The lowest BCUT2D eigenvalue weighted by molar-refractivity contribution is -0.116. The average molecular weight is 385 g/mol. The molecule has 28 heavy (non-hydrogen) atoms. The van der Waals surface area contributed by atoms with Crippen LogP contribution < -0.4 is 24.3 Å². The molecular formula is C22H27NO5. The number of hydrogen-bond acceptors (Lipinski definition) is 5. The summed E-state index contributed by atoms with van der Waals surface area (Å²) in [6, 6.07) is 9.61. The number of hydrogen-bond donors (Lipinski definition) is 1. The standard InChI is InChI=1S/C22H27NO5/c1-13(2)12-28-17-9-7-6-8-14(17)15-10-19(24)23-16-11-18(25-3)21(26-4)22(27-5)20(15)16/h6-9,11,13,15H,10,12H2,1-5H3,(H,23,24)/t15-/m1/s1. The Bertz CT molecular complexity index is 862. The zero-order valence-corrected chi connectivity index (χ0v) is 17.0. The molecule has 1 atom stereocenters. The smallest absolute Gasteiger partial charge is 0.225 e. The molecule has 3 rings (SSSR count). The minimum absolute atomic E-state index is 0.0644. The lowest BCUT2D eigenvalue weighted by Gasteiger charge is -2.30. The highest BCUT2D eigenvalue weighted by atomic mass is 16.5. The van der Waals surface area contributed by atoms with Gasteiger partial charge in [-0.15, -0.1) is 0 Å². The first-order valence-corrected chi connectivity index (χ1v) is 9.34. The highest BCUT2D eigenvalue weighted by Crippen LogP contribution is 2.52. The number of para-hydroxylation sites is 1. The van der Waals surface area contributed by atoms with Gasteiger partial charge in [0, 0.05) is 29.5 Å². The van der Waals surface area contributed by atoms with Crippen LogP contribution in [0.4, 0.5) is 5.69 Å². The molecule has 2 aromatic carbocycles. The lowest BCUT2D eigenvalue weighted by Crippen LogP contribution is -2.25. The van der Waals surface area contributed by atoms with Crippen molar-refractivity contribution in [3.63, 3.8) is 0 Å². The Kier molecular flexibility index (Phi) is 5.97. The van der Waals surface area contributed by atoms with Gasteiger partial charge < -0.3 is 24.3 Å². The molecule has 0 aliphatic carbocycles. The molecule has 1 heterocycles. The molecule has 0 saturated heterocycles. The molecule has 0 bridgehead atoms. The van der Waals surface area contributed by atoms with Crippen molar-refractivity contribution in [1.29, 1.82) is 0 Å². The number of nitrogens with one attached hydrogen (secondary N) is 1. The van der Waals surface area contributed by atoms with Gasteiger partial charge in [-0.2, -0.15) is 0 Å². The zero-order chi connectivity index (χ0) is 20.3. The lowest BCUT2D eigenvalue weighted by atomic mass is 9.83. The Labute approximate surface area is 165 Å². The molecule has 150 valence electrons. The first-order valence-electron chi connectivity index (χ1n) is 9.34. The van der Waals surface area contributed by atoms with E-state index in [2.05, 4.69) is 19.2 Å². The summed E-state index contributed by atoms with van der Waals surface area (Å²) in [5.41, 5.74) is 2.47. The van der Waals surface area contributed by atoms with Crippen LogP contribution in [0.1, 0.15) is 37.3 Å². The molecule has 0 unspecified atom stereocenters. The summed E-state index contributed by atoms with van der Waals surface area (Å²) >= 11 is 0. The van der Waals surface area contributed by atoms with Gasteiger partial charge in [0.1, 0.15) is 5.75 Å². The highest BCUT2D eigenvalue weighted by molar-refractivity contribution is 5.97. The third-order valence-electron chi connectivity index (χ3n) is 4.75. The Morgan fingerprint density at radius 1 is 1.04 bits per heavy atom. The number of amides is 1. The quantitative estimate of drug-likeness (QED) is 0.773. The van der Waals surface area contributed by atoms with E-state index in [1.807, 2.05) is 24.3 Å². The molecule has 0 spiro atoms. The number of fused-ring (bicyclic) bond motifs is 1. The maximum atomic E-state index is 12.5. The Hall–Kier alpha value is -2.89. The molecule has 1 N–H and O–H groups in total. The number of benzene rings is 2. The van der Waals surface area contributed by atoms with Gasteiger partial charge >= 0.3 is 0 Å². The Balaban J connectivity index is 2.17. The van der Waals surface area contributed by atoms with Gasteiger partial charge in [-0.05, 0) is 12.0 Å². The van der Waals surface area contributed by atoms with Crippen LogP contribution in [0.15, 0.2) is 30.3 Å². The van der Waals surface area contributed by atoms with Gasteiger partial charge in [0.2, 0.25) is 11.7 Å². The number of anilines is 1. The highest BCUT2D eigenvalue weighted by Gasteiger charge is 2.34. The van der Waals surface area contributed by atoms with Crippen molar-refractivity contribution >= 4 is 11.6 Å². The van der Waals surface area contributed by atoms with E-state index in [0.29, 0.717) is 41.9 Å². The maximum Gasteiger partial charge on any atom is 0.225 e. The zero-order valence-electron chi connectivity index (χ0n) is 17.0. The van der Waals surface area contributed by atoms with Gasteiger partial charge in [-0.3, -0.25) is 4.79 Å². The summed E-state index contributed by atoms with van der Waals surface area (Å²) in [6.07, 6.45) is 0.293. The molecular weight excluding hydrogens is 358 g/mol. The monoisotopic (exact) mass is 385 g/mol. The molecule has 6 heteroatoms. The molecule has 2 aromatic rings. The van der Waals surface area contributed by atoms with E-state index < -0.39 is 0 Å². The van der Waals surface area contributed by atoms with Gasteiger partial charge in [0.25, 0.3) is 0 Å². The molecule has 0 aromatic heterocycles. The number of carbonyl (C=O) groups excluding carboxylic acids is 1. The maximum absolute atomic E-state index is 12.5. The third kappa shape index (κ3) is 3.72. The second-order valence-electron chi connectivity index (χ2n) is 7.15. The van der Waals surface area contributed by atoms with Crippen LogP contribution in [0.2, 0.25) is 0 Å². The molecule has 0 radical (unpaired) electrons. The molecule has 6 nitrogen and oxygen atoms in total. The molecule has 0 saturated carbocycles.